The average molecular weight is 233 g/mol. The van der Waals surface area contributed by atoms with E-state index >= 15 is 0 Å². The summed E-state index contributed by atoms with van der Waals surface area (Å²) in [5.41, 5.74) is 1.52. The Balaban J connectivity index is 2.16. The van der Waals surface area contributed by atoms with Crippen molar-refractivity contribution in [3.8, 4) is 10.8 Å². The maximum atomic E-state index is 11.8. The van der Waals surface area contributed by atoms with E-state index < -0.39 is 0 Å². The first-order valence-electron chi connectivity index (χ1n) is 5.41. The predicted octanol–water partition coefficient (Wildman–Crippen LogP) is 2.64. The third-order valence-corrected chi connectivity index (χ3v) is 3.70. The minimum absolute atomic E-state index is 0.201. The molecule has 0 aliphatic heterocycles. The molecule has 16 heavy (non-hydrogen) atoms. The molecule has 0 amide bonds. The molecule has 2 heterocycles. The Hall–Kier alpha value is -1.42. The molecule has 3 rings (SSSR count). The quantitative estimate of drug-likeness (QED) is 0.760. The highest BCUT2D eigenvalue weighted by Gasteiger charge is 2.17. The van der Waals surface area contributed by atoms with Crippen molar-refractivity contribution >= 4 is 11.3 Å². The van der Waals surface area contributed by atoms with Crippen LogP contribution in [0.4, 0.5) is 0 Å². The van der Waals surface area contributed by atoms with Crippen LogP contribution >= 0.6 is 11.3 Å². The summed E-state index contributed by atoms with van der Waals surface area (Å²) in [4.78, 5) is 17.2. The number of nitrogens with zero attached hydrogens (tertiary/aromatic N) is 1. The molecule has 0 fully saturated rings. The van der Waals surface area contributed by atoms with Gasteiger partial charge in [0.25, 0.3) is 0 Å². The highest BCUT2D eigenvalue weighted by atomic mass is 32.1. The molecule has 3 nitrogen and oxygen atoms in total. The van der Waals surface area contributed by atoms with Gasteiger partial charge in [-0.1, -0.05) is 6.07 Å². The number of aromatic nitrogens is 1. The zero-order valence-corrected chi connectivity index (χ0v) is 9.55. The molecule has 0 radical (unpaired) electrons. The third-order valence-electron chi connectivity index (χ3n) is 2.84. The van der Waals surface area contributed by atoms with E-state index in [9.17, 15) is 4.79 Å². The molecule has 0 saturated heterocycles. The lowest BCUT2D eigenvalue weighted by atomic mass is 9.98. The van der Waals surface area contributed by atoms with E-state index in [0.29, 0.717) is 5.89 Å². The smallest absolute Gasteiger partial charge is 0.342 e. The van der Waals surface area contributed by atoms with Gasteiger partial charge in [-0.2, -0.15) is 0 Å². The SMILES string of the molecule is O=c1oc(-c2cccs2)nc2c1CCCC2. The number of hydrogen-bond acceptors (Lipinski definition) is 4. The molecule has 2 aromatic heterocycles. The van der Waals surface area contributed by atoms with E-state index in [0.717, 1.165) is 41.8 Å². The zero-order valence-electron chi connectivity index (χ0n) is 8.73. The van der Waals surface area contributed by atoms with Gasteiger partial charge in [-0.15, -0.1) is 11.3 Å². The van der Waals surface area contributed by atoms with Gasteiger partial charge in [0.1, 0.15) is 0 Å². The highest BCUT2D eigenvalue weighted by molar-refractivity contribution is 7.13. The fraction of sp³-hybridized carbons (Fsp3) is 0.333. The van der Waals surface area contributed by atoms with E-state index in [2.05, 4.69) is 4.98 Å². The summed E-state index contributed by atoms with van der Waals surface area (Å²) in [7, 11) is 0. The van der Waals surface area contributed by atoms with Gasteiger partial charge in [-0.3, -0.25) is 0 Å². The van der Waals surface area contributed by atoms with Gasteiger partial charge < -0.3 is 4.42 Å². The van der Waals surface area contributed by atoms with Crippen LogP contribution in [0, 0.1) is 0 Å². The Morgan fingerprint density at radius 1 is 1.31 bits per heavy atom. The lowest BCUT2D eigenvalue weighted by Crippen LogP contribution is -2.17. The third kappa shape index (κ3) is 1.59. The summed E-state index contributed by atoms with van der Waals surface area (Å²) in [6.45, 7) is 0. The van der Waals surface area contributed by atoms with Crippen molar-refractivity contribution in [2.75, 3.05) is 0 Å². The van der Waals surface area contributed by atoms with Crippen LogP contribution in [0.5, 0.6) is 0 Å². The summed E-state index contributed by atoms with van der Waals surface area (Å²) in [6, 6.07) is 3.85. The first-order valence-corrected chi connectivity index (χ1v) is 6.29. The molecule has 0 atom stereocenters. The lowest BCUT2D eigenvalue weighted by molar-refractivity contribution is 0.479. The van der Waals surface area contributed by atoms with Crippen molar-refractivity contribution in [3.63, 3.8) is 0 Å². The lowest BCUT2D eigenvalue weighted by Gasteiger charge is -2.12. The molecule has 4 heteroatoms. The molecular weight excluding hydrogens is 222 g/mol. The predicted molar refractivity (Wildman–Crippen MR) is 62.7 cm³/mol. The minimum Gasteiger partial charge on any atom is -0.402 e. The second-order valence-corrected chi connectivity index (χ2v) is 4.86. The monoisotopic (exact) mass is 233 g/mol. The Bertz CT molecular complexity index is 557. The van der Waals surface area contributed by atoms with Crippen molar-refractivity contribution in [1.29, 1.82) is 0 Å². The van der Waals surface area contributed by atoms with Crippen LogP contribution < -0.4 is 5.63 Å². The second kappa shape index (κ2) is 3.87. The van der Waals surface area contributed by atoms with Gasteiger partial charge in [0.05, 0.1) is 16.1 Å². The minimum atomic E-state index is -0.201. The van der Waals surface area contributed by atoms with Gasteiger partial charge >= 0.3 is 5.63 Å². The first-order chi connectivity index (χ1) is 7.84. The Morgan fingerprint density at radius 2 is 2.19 bits per heavy atom. The fourth-order valence-electron chi connectivity index (χ4n) is 2.03. The molecule has 0 aromatic carbocycles. The topological polar surface area (TPSA) is 43.1 Å². The van der Waals surface area contributed by atoms with E-state index in [1.807, 2.05) is 17.5 Å². The molecule has 1 aliphatic rings. The Kier molecular flexibility index (Phi) is 2.36. The number of rotatable bonds is 1. The van der Waals surface area contributed by atoms with Crippen LogP contribution in [0.3, 0.4) is 0 Å². The maximum Gasteiger partial charge on any atom is 0.342 e. The molecule has 0 bridgehead atoms. The van der Waals surface area contributed by atoms with Crippen molar-refractivity contribution < 1.29 is 4.42 Å². The van der Waals surface area contributed by atoms with Crippen LogP contribution in [-0.4, -0.2) is 4.98 Å². The number of aryl methyl sites for hydroxylation is 1. The normalized spacial score (nSPS) is 14.8. The van der Waals surface area contributed by atoms with Crippen LogP contribution in [0.15, 0.2) is 26.7 Å². The molecular formula is C12H11NO2S. The van der Waals surface area contributed by atoms with Gasteiger partial charge in [-0.05, 0) is 37.1 Å². The van der Waals surface area contributed by atoms with Crippen LogP contribution in [0.2, 0.25) is 0 Å². The Morgan fingerprint density at radius 3 is 3.00 bits per heavy atom. The fourth-order valence-corrected chi connectivity index (χ4v) is 2.68. The molecule has 1 aliphatic carbocycles. The van der Waals surface area contributed by atoms with E-state index in [1.165, 1.54) is 0 Å². The van der Waals surface area contributed by atoms with Crippen molar-refractivity contribution in [3.05, 3.63) is 39.2 Å². The van der Waals surface area contributed by atoms with E-state index in [1.54, 1.807) is 11.3 Å². The van der Waals surface area contributed by atoms with Gasteiger partial charge in [-0.25, -0.2) is 9.78 Å². The summed E-state index contributed by atoms with van der Waals surface area (Å²) >= 11 is 1.54. The van der Waals surface area contributed by atoms with E-state index in [4.69, 9.17) is 4.42 Å². The number of thiophene rings is 1. The zero-order chi connectivity index (χ0) is 11.0. The molecule has 0 N–H and O–H groups in total. The van der Waals surface area contributed by atoms with Crippen molar-refractivity contribution in [1.82, 2.24) is 4.98 Å². The standard InChI is InChI=1S/C12H11NO2S/c14-12-8-4-1-2-5-9(8)13-11(15-12)10-6-3-7-16-10/h3,6-7H,1-2,4-5H2. The molecule has 0 saturated carbocycles. The number of hydrogen-bond donors (Lipinski definition) is 0. The largest absolute Gasteiger partial charge is 0.402 e. The van der Waals surface area contributed by atoms with Gasteiger partial charge in [0, 0.05) is 0 Å². The summed E-state index contributed by atoms with van der Waals surface area (Å²) in [6.07, 6.45) is 3.90. The van der Waals surface area contributed by atoms with Crippen molar-refractivity contribution in [2.45, 2.75) is 25.7 Å². The molecule has 0 spiro atoms. The second-order valence-electron chi connectivity index (χ2n) is 3.92. The van der Waals surface area contributed by atoms with E-state index in [-0.39, 0.29) is 5.63 Å². The highest BCUT2D eigenvalue weighted by Crippen LogP contribution is 2.24. The summed E-state index contributed by atoms with van der Waals surface area (Å²) in [5.74, 6) is 0.473. The molecule has 0 unspecified atom stereocenters. The number of fused-ring (bicyclic) bond motifs is 1. The van der Waals surface area contributed by atoms with Gasteiger partial charge in [0.15, 0.2) is 0 Å². The maximum absolute atomic E-state index is 11.8. The van der Waals surface area contributed by atoms with Gasteiger partial charge in [0.2, 0.25) is 5.89 Å². The molecule has 82 valence electrons. The average Bonchev–Trinajstić information content (AvgIpc) is 2.82. The summed E-state index contributed by atoms with van der Waals surface area (Å²) < 4.78 is 5.26. The van der Waals surface area contributed by atoms with Crippen LogP contribution in [-0.2, 0) is 12.8 Å². The van der Waals surface area contributed by atoms with Crippen molar-refractivity contribution in [2.24, 2.45) is 0 Å². The first kappa shape index (κ1) is 9.78. The summed E-state index contributed by atoms with van der Waals surface area (Å²) in [5, 5.41) is 1.95. The van der Waals surface area contributed by atoms with Crippen LogP contribution in [0.25, 0.3) is 10.8 Å². The van der Waals surface area contributed by atoms with Crippen LogP contribution in [0.1, 0.15) is 24.1 Å². The Labute approximate surface area is 96.8 Å². The molecule has 2 aromatic rings.